The summed E-state index contributed by atoms with van der Waals surface area (Å²) in [6, 6.07) is 28.4. The number of fused-ring (bicyclic) bond motifs is 3. The number of hydrogen-bond acceptors (Lipinski definition) is 12. The number of rotatable bonds is 9. The van der Waals surface area contributed by atoms with Crippen LogP contribution in [0.25, 0.3) is 32.3 Å². The van der Waals surface area contributed by atoms with Crippen LogP contribution in [0.1, 0.15) is 0 Å². The Kier molecular flexibility index (Phi) is 16.0. The minimum absolute atomic E-state index is 0. The summed E-state index contributed by atoms with van der Waals surface area (Å²) < 4.78 is 102. The van der Waals surface area contributed by atoms with E-state index in [4.69, 9.17) is 0 Å². The third-order valence-corrected chi connectivity index (χ3v) is 11.0. The van der Waals surface area contributed by atoms with Crippen molar-refractivity contribution in [2.45, 2.75) is 14.7 Å². The van der Waals surface area contributed by atoms with Gasteiger partial charge in [-0.25, -0.2) is 4.79 Å². The Balaban J connectivity index is 0.00000265. The quantitative estimate of drug-likeness (QED) is 0.0460. The van der Waals surface area contributed by atoms with Crippen LogP contribution in [0.15, 0.2) is 156 Å². The maximum Gasteiger partial charge on any atom is 0.323 e. The fraction of sp³-hybridized carbons (Fsp3) is 0. The van der Waals surface area contributed by atoms with Gasteiger partial charge in [-0.2, -0.15) is 35.5 Å². The average molecular weight is 896 g/mol. The zero-order chi connectivity index (χ0) is 40.7. The molecule has 2 amide bonds. The van der Waals surface area contributed by atoms with Crippen molar-refractivity contribution in [2.24, 2.45) is 20.5 Å². The molecule has 0 unspecified atom stereocenters. The summed E-state index contributed by atoms with van der Waals surface area (Å²) in [6.45, 7) is 0. The van der Waals surface area contributed by atoms with Gasteiger partial charge in [0.25, 0.3) is 30.4 Å². The number of azo groups is 2. The van der Waals surface area contributed by atoms with Gasteiger partial charge in [-0.05, 0) is 112 Å². The van der Waals surface area contributed by atoms with Gasteiger partial charge < -0.3 is 15.7 Å². The van der Waals surface area contributed by atoms with Crippen LogP contribution in [0.4, 0.5) is 38.9 Å². The smallest absolute Gasteiger partial charge is 0.323 e. The van der Waals surface area contributed by atoms with Crippen LogP contribution in [0.2, 0.25) is 0 Å². The number of benzene rings is 7. The van der Waals surface area contributed by atoms with Gasteiger partial charge >= 0.3 is 6.03 Å². The van der Waals surface area contributed by atoms with E-state index in [1.807, 2.05) is 0 Å². The second-order valence-electron chi connectivity index (χ2n) is 12.3. The maximum absolute atomic E-state index is 13.0. The van der Waals surface area contributed by atoms with Crippen LogP contribution in [0.3, 0.4) is 0 Å². The minimum atomic E-state index is -4.99. The molecule has 0 aromatic heterocycles. The number of phenols is 1. The summed E-state index contributed by atoms with van der Waals surface area (Å²) in [5.41, 5.74) is 0.330. The summed E-state index contributed by atoms with van der Waals surface area (Å²) in [7, 11) is -14.2. The van der Waals surface area contributed by atoms with Crippen LogP contribution < -0.4 is 10.6 Å². The summed E-state index contributed by atoms with van der Waals surface area (Å²) in [5, 5.41) is 34.2. The predicted molar refractivity (Wildman–Crippen MR) is 228 cm³/mol. The first-order valence-electron chi connectivity index (χ1n) is 16.2. The van der Waals surface area contributed by atoms with Crippen LogP contribution in [-0.4, -0.2) is 139 Å². The molecule has 0 aliphatic rings. The van der Waals surface area contributed by atoms with Crippen LogP contribution in [0, 0.1) is 0 Å². The van der Waals surface area contributed by atoms with Crippen LogP contribution >= 0.6 is 0 Å². The number of nitrogens with one attached hydrogen (secondary N) is 2. The van der Waals surface area contributed by atoms with Gasteiger partial charge in [-0.15, -0.1) is 10.2 Å². The Hall–Kier alpha value is -3.68. The first-order valence-corrected chi connectivity index (χ1v) is 20.5. The van der Waals surface area contributed by atoms with E-state index in [1.54, 1.807) is 36.4 Å². The SMILES string of the molecule is O=C(Nc1ccc2cc(N=Nc3ccccc3)c(S(=O)(=O)O)cc2c1)Nc1ccc2c(O)c(N=Nc3ccc4cc(S(=O)(=O)O)ccc4c3)c(S(=O)(=O)O)cc2c1.[Na].[Na].[Na]. The summed E-state index contributed by atoms with van der Waals surface area (Å²) in [4.78, 5) is 11.4. The Morgan fingerprint density at radius 3 is 1.68 bits per heavy atom. The molecule has 0 bridgehead atoms. The molecule has 7 rings (SSSR count). The van der Waals surface area contributed by atoms with E-state index < -0.39 is 57.6 Å². The molecule has 6 N–H and O–H groups in total. The van der Waals surface area contributed by atoms with Crippen molar-refractivity contribution in [3.05, 3.63) is 121 Å². The van der Waals surface area contributed by atoms with Gasteiger partial charge in [-0.3, -0.25) is 13.7 Å². The zero-order valence-corrected chi connectivity index (χ0v) is 40.2. The molecule has 0 saturated heterocycles. The molecule has 0 aliphatic heterocycles. The third-order valence-electron chi connectivity index (χ3n) is 8.43. The first kappa shape index (κ1) is 49.0. The largest absolute Gasteiger partial charge is 0.505 e. The number of urea groups is 1. The maximum atomic E-state index is 13.0. The Labute approximate surface area is 408 Å². The Bertz CT molecular complexity index is 3210. The van der Waals surface area contributed by atoms with Gasteiger partial charge in [0.2, 0.25) is 0 Å². The third kappa shape index (κ3) is 11.4. The topological polar surface area (TPSA) is 274 Å². The molecule has 7 aromatic carbocycles. The van der Waals surface area contributed by atoms with Gasteiger partial charge in [0.05, 0.1) is 16.3 Å². The van der Waals surface area contributed by atoms with Gasteiger partial charge in [-0.1, -0.05) is 36.4 Å². The molecular weight excluding hydrogens is 870 g/mol. The van der Waals surface area contributed by atoms with Crippen LogP contribution in [-0.2, 0) is 30.4 Å². The van der Waals surface area contributed by atoms with E-state index in [0.717, 1.165) is 6.07 Å². The average Bonchev–Trinajstić information content (AvgIpc) is 3.15. The second-order valence-corrected chi connectivity index (χ2v) is 16.5. The molecule has 0 fully saturated rings. The fourth-order valence-electron chi connectivity index (χ4n) is 5.79. The van der Waals surface area contributed by atoms with Crippen molar-refractivity contribution in [1.29, 1.82) is 0 Å². The van der Waals surface area contributed by atoms with Crippen molar-refractivity contribution >= 4 is 191 Å². The molecule has 0 aliphatic carbocycles. The molecule has 0 atom stereocenters. The molecule has 0 spiro atoms. The summed E-state index contributed by atoms with van der Waals surface area (Å²) in [6.07, 6.45) is 0. The number of anilines is 2. The summed E-state index contributed by atoms with van der Waals surface area (Å²) >= 11 is 0. The first-order chi connectivity index (χ1) is 26.9. The minimum Gasteiger partial charge on any atom is -0.505 e. The van der Waals surface area contributed by atoms with Gasteiger partial charge in [0, 0.05) is 105 Å². The van der Waals surface area contributed by atoms with Crippen molar-refractivity contribution in [1.82, 2.24) is 0 Å². The van der Waals surface area contributed by atoms with Gasteiger partial charge in [0.15, 0.2) is 5.75 Å². The molecule has 3 radical (unpaired) electrons. The van der Waals surface area contributed by atoms with E-state index in [9.17, 15) is 48.8 Å². The molecule has 23 heteroatoms. The number of carbonyl (C=O) groups is 1. The number of aromatic hydroxyl groups is 1. The zero-order valence-electron chi connectivity index (χ0n) is 31.7. The second kappa shape index (κ2) is 19.6. The normalized spacial score (nSPS) is 11.9. The Morgan fingerprint density at radius 1 is 0.483 bits per heavy atom. The van der Waals surface area contributed by atoms with E-state index in [2.05, 4.69) is 31.1 Å². The predicted octanol–water partition coefficient (Wildman–Crippen LogP) is 7.92. The molecule has 291 valence electrons. The standard InChI is InChI=1S/C37H26N6O11S3.3Na/c44-36-31-13-11-28(16-25(31)20-34(57(52,53)54)35(36)43-41-29-10-7-22-17-30(55(46,47)48)12-8-21(22)14-29)39-37(45)38-27-9-6-23-18-32(42-40-26-4-2-1-3-5-26)33(56(49,50)51)19-24(23)15-27;;;/h1-20,44H,(H2,38,39,45)(H,46,47,48)(H,49,50,51)(H,52,53,54);;;. The number of carbonyl (C=O) groups excluding carboxylic acids is 1. The number of amides is 2. The molecule has 7 aromatic rings. The molecule has 60 heavy (non-hydrogen) atoms. The van der Waals surface area contributed by atoms with Crippen molar-refractivity contribution in [3.63, 3.8) is 0 Å². The number of phenolic OH excluding ortho intramolecular Hbond substituents is 1. The molecule has 0 heterocycles. The van der Waals surface area contributed by atoms with Crippen molar-refractivity contribution < 1.29 is 48.8 Å². The Morgan fingerprint density at radius 2 is 1.03 bits per heavy atom. The monoisotopic (exact) mass is 895 g/mol. The van der Waals surface area contributed by atoms with Crippen molar-refractivity contribution in [3.8, 4) is 5.75 Å². The summed E-state index contributed by atoms with van der Waals surface area (Å²) in [5.74, 6) is -0.649. The van der Waals surface area contributed by atoms with Gasteiger partial charge in [0.1, 0.15) is 21.2 Å². The van der Waals surface area contributed by atoms with E-state index in [0.29, 0.717) is 27.2 Å². The molecule has 0 saturated carbocycles. The molecular formula is C37H26N6Na3O11S3. The number of hydrogen-bond donors (Lipinski definition) is 6. The number of nitrogens with zero attached hydrogens (tertiary/aromatic N) is 4. The van der Waals surface area contributed by atoms with E-state index in [-0.39, 0.29) is 127 Å². The van der Waals surface area contributed by atoms with Crippen LogP contribution in [0.5, 0.6) is 5.75 Å². The molecule has 17 nitrogen and oxygen atoms in total. The van der Waals surface area contributed by atoms with Crippen molar-refractivity contribution in [2.75, 3.05) is 10.6 Å². The van der Waals surface area contributed by atoms with E-state index in [1.165, 1.54) is 78.9 Å². The fourth-order valence-corrected chi connectivity index (χ4v) is 7.60. The van der Waals surface area contributed by atoms with E-state index >= 15 is 0 Å².